The lowest BCUT2D eigenvalue weighted by molar-refractivity contribution is -0.149. The first-order valence-corrected chi connectivity index (χ1v) is 10.6. The molecule has 0 spiro atoms. The fraction of sp³-hybridized carbons (Fsp3) is 0.909. The lowest BCUT2D eigenvalue weighted by Crippen LogP contribution is -2.19. The van der Waals surface area contributed by atoms with Crippen LogP contribution in [0.15, 0.2) is 0 Å². The van der Waals surface area contributed by atoms with Crippen molar-refractivity contribution in [3.05, 3.63) is 0 Å². The zero-order chi connectivity index (χ0) is 19.9. The van der Waals surface area contributed by atoms with Crippen LogP contribution in [-0.2, 0) is 19.1 Å². The standard InChI is InChI=1S/C22H42O4/c1-17(2)20(16-22(24)26-19(5)6)14-12-10-8-7-9-11-13-15-21(23)25-18(3)4/h17-20H,7-16H2,1-6H3. The Balaban J connectivity index is 3.67. The van der Waals surface area contributed by atoms with E-state index in [1.54, 1.807) is 0 Å². The van der Waals surface area contributed by atoms with Crippen molar-refractivity contribution in [1.29, 1.82) is 0 Å². The van der Waals surface area contributed by atoms with Gasteiger partial charge in [-0.15, -0.1) is 0 Å². The van der Waals surface area contributed by atoms with Crippen molar-refractivity contribution >= 4 is 11.9 Å². The van der Waals surface area contributed by atoms with E-state index in [0.29, 0.717) is 24.7 Å². The van der Waals surface area contributed by atoms with E-state index in [1.807, 2.05) is 27.7 Å². The summed E-state index contributed by atoms with van der Waals surface area (Å²) in [5.41, 5.74) is 0. The molecule has 0 aliphatic heterocycles. The summed E-state index contributed by atoms with van der Waals surface area (Å²) >= 11 is 0. The van der Waals surface area contributed by atoms with Crippen LogP contribution >= 0.6 is 0 Å². The molecule has 0 aromatic carbocycles. The normalized spacial score (nSPS) is 12.7. The number of rotatable bonds is 15. The monoisotopic (exact) mass is 370 g/mol. The highest BCUT2D eigenvalue weighted by Crippen LogP contribution is 2.23. The van der Waals surface area contributed by atoms with Crippen LogP contribution in [0.2, 0.25) is 0 Å². The minimum Gasteiger partial charge on any atom is -0.463 e. The Bertz CT molecular complexity index is 374. The Morgan fingerprint density at radius 3 is 1.62 bits per heavy atom. The highest BCUT2D eigenvalue weighted by atomic mass is 16.5. The molecule has 0 amide bonds. The van der Waals surface area contributed by atoms with Gasteiger partial charge in [-0.25, -0.2) is 0 Å². The van der Waals surface area contributed by atoms with E-state index in [2.05, 4.69) is 13.8 Å². The first kappa shape index (κ1) is 24.9. The average Bonchev–Trinajstić information content (AvgIpc) is 2.50. The van der Waals surface area contributed by atoms with Gasteiger partial charge in [-0.05, 0) is 52.4 Å². The molecule has 1 unspecified atom stereocenters. The minimum absolute atomic E-state index is 0.00982. The van der Waals surface area contributed by atoms with Gasteiger partial charge in [0.2, 0.25) is 0 Å². The van der Waals surface area contributed by atoms with Crippen molar-refractivity contribution in [2.24, 2.45) is 11.8 Å². The van der Waals surface area contributed by atoms with Crippen LogP contribution in [0.3, 0.4) is 0 Å². The maximum absolute atomic E-state index is 11.9. The van der Waals surface area contributed by atoms with Crippen LogP contribution in [0.25, 0.3) is 0 Å². The third kappa shape index (κ3) is 15.2. The summed E-state index contributed by atoms with van der Waals surface area (Å²) in [6, 6.07) is 0. The lowest BCUT2D eigenvalue weighted by Gasteiger charge is -2.20. The molecular weight excluding hydrogens is 328 g/mol. The maximum Gasteiger partial charge on any atom is 0.306 e. The van der Waals surface area contributed by atoms with Crippen molar-refractivity contribution in [2.75, 3.05) is 0 Å². The molecule has 0 rings (SSSR count). The number of esters is 2. The van der Waals surface area contributed by atoms with Gasteiger partial charge in [0.25, 0.3) is 0 Å². The van der Waals surface area contributed by atoms with E-state index in [1.165, 1.54) is 32.1 Å². The number of hydrogen-bond donors (Lipinski definition) is 0. The summed E-state index contributed by atoms with van der Waals surface area (Å²) < 4.78 is 10.4. The molecule has 0 aliphatic rings. The topological polar surface area (TPSA) is 52.6 Å². The smallest absolute Gasteiger partial charge is 0.306 e. The molecule has 0 radical (unpaired) electrons. The molecular formula is C22H42O4. The van der Waals surface area contributed by atoms with Crippen LogP contribution in [-0.4, -0.2) is 24.1 Å². The quantitative estimate of drug-likeness (QED) is 0.259. The number of carbonyl (C=O) groups excluding carboxylic acids is 2. The van der Waals surface area contributed by atoms with Crippen molar-refractivity contribution < 1.29 is 19.1 Å². The second kappa shape index (κ2) is 15.0. The van der Waals surface area contributed by atoms with Crippen LogP contribution in [0.5, 0.6) is 0 Å². The van der Waals surface area contributed by atoms with E-state index in [-0.39, 0.29) is 24.1 Å². The Kier molecular flexibility index (Phi) is 14.4. The highest BCUT2D eigenvalue weighted by Gasteiger charge is 2.18. The van der Waals surface area contributed by atoms with E-state index < -0.39 is 0 Å². The molecule has 0 aromatic heterocycles. The van der Waals surface area contributed by atoms with Crippen LogP contribution in [0.1, 0.15) is 106 Å². The van der Waals surface area contributed by atoms with Gasteiger partial charge in [0.05, 0.1) is 12.2 Å². The van der Waals surface area contributed by atoms with Gasteiger partial charge in [-0.2, -0.15) is 0 Å². The Morgan fingerprint density at radius 2 is 1.12 bits per heavy atom. The minimum atomic E-state index is -0.0734. The summed E-state index contributed by atoms with van der Waals surface area (Å²) in [5.74, 6) is 0.805. The Labute approximate surface area is 161 Å². The average molecular weight is 371 g/mol. The van der Waals surface area contributed by atoms with Crippen LogP contribution < -0.4 is 0 Å². The van der Waals surface area contributed by atoms with Crippen molar-refractivity contribution in [3.63, 3.8) is 0 Å². The van der Waals surface area contributed by atoms with Gasteiger partial charge in [0, 0.05) is 12.8 Å². The van der Waals surface area contributed by atoms with Crippen molar-refractivity contribution in [1.82, 2.24) is 0 Å². The SMILES string of the molecule is CC(C)OC(=O)CCCCCCCCCC(CC(=O)OC(C)C)C(C)C. The second-order valence-electron chi connectivity index (χ2n) is 8.30. The molecule has 154 valence electrons. The van der Waals surface area contributed by atoms with E-state index >= 15 is 0 Å². The van der Waals surface area contributed by atoms with Gasteiger partial charge < -0.3 is 9.47 Å². The van der Waals surface area contributed by atoms with Gasteiger partial charge >= 0.3 is 11.9 Å². The fourth-order valence-electron chi connectivity index (χ4n) is 3.08. The number of ether oxygens (including phenoxy) is 2. The maximum atomic E-state index is 11.9. The lowest BCUT2D eigenvalue weighted by atomic mass is 9.87. The largest absolute Gasteiger partial charge is 0.463 e. The molecule has 4 nitrogen and oxygen atoms in total. The molecule has 26 heavy (non-hydrogen) atoms. The van der Waals surface area contributed by atoms with E-state index in [4.69, 9.17) is 9.47 Å². The molecule has 0 fully saturated rings. The van der Waals surface area contributed by atoms with E-state index in [9.17, 15) is 9.59 Å². The van der Waals surface area contributed by atoms with Crippen molar-refractivity contribution in [2.45, 2.75) is 118 Å². The number of hydrogen-bond acceptors (Lipinski definition) is 4. The second-order valence-corrected chi connectivity index (χ2v) is 8.30. The fourth-order valence-corrected chi connectivity index (χ4v) is 3.08. The highest BCUT2D eigenvalue weighted by molar-refractivity contribution is 5.70. The molecule has 0 aliphatic carbocycles. The number of unbranched alkanes of at least 4 members (excludes halogenated alkanes) is 6. The first-order chi connectivity index (χ1) is 12.2. The summed E-state index contributed by atoms with van der Waals surface area (Å²) in [6.45, 7) is 11.9. The molecule has 0 aromatic rings. The predicted octanol–water partition coefficient (Wildman–Crippen LogP) is 6.06. The van der Waals surface area contributed by atoms with Gasteiger partial charge in [0.15, 0.2) is 0 Å². The third-order valence-corrected chi connectivity index (χ3v) is 4.56. The van der Waals surface area contributed by atoms with Crippen LogP contribution in [0, 0.1) is 11.8 Å². The molecule has 1 atom stereocenters. The molecule has 0 N–H and O–H groups in total. The first-order valence-electron chi connectivity index (χ1n) is 10.6. The van der Waals surface area contributed by atoms with Gasteiger partial charge in [-0.1, -0.05) is 52.4 Å². The van der Waals surface area contributed by atoms with Crippen molar-refractivity contribution in [3.8, 4) is 0 Å². The molecule has 0 saturated heterocycles. The summed E-state index contributed by atoms with van der Waals surface area (Å²) in [6.07, 6.45) is 10.2. The molecule has 0 bridgehead atoms. The Morgan fingerprint density at radius 1 is 0.654 bits per heavy atom. The van der Waals surface area contributed by atoms with Gasteiger partial charge in [0.1, 0.15) is 0 Å². The molecule has 4 heteroatoms. The Hall–Kier alpha value is -1.06. The summed E-state index contributed by atoms with van der Waals surface area (Å²) in [5, 5.41) is 0. The van der Waals surface area contributed by atoms with E-state index in [0.717, 1.165) is 19.3 Å². The molecule has 0 heterocycles. The zero-order valence-electron chi connectivity index (χ0n) is 18.0. The summed E-state index contributed by atoms with van der Waals surface area (Å²) in [7, 11) is 0. The predicted molar refractivity (Wildman–Crippen MR) is 107 cm³/mol. The zero-order valence-corrected chi connectivity index (χ0v) is 18.0. The third-order valence-electron chi connectivity index (χ3n) is 4.56. The van der Waals surface area contributed by atoms with Crippen LogP contribution in [0.4, 0.5) is 0 Å². The van der Waals surface area contributed by atoms with Gasteiger partial charge in [-0.3, -0.25) is 9.59 Å². The summed E-state index contributed by atoms with van der Waals surface area (Å²) in [4.78, 5) is 23.3. The number of carbonyl (C=O) groups is 2. The molecule has 0 saturated carbocycles.